The lowest BCUT2D eigenvalue weighted by atomic mass is 10.0. The number of para-hydroxylation sites is 1. The number of nitrogens with zero attached hydrogens (tertiary/aromatic N) is 3. The van der Waals surface area contributed by atoms with Gasteiger partial charge in [0.05, 0.1) is 13.2 Å². The number of aliphatic hydroxyl groups is 1. The molecule has 0 aromatic heterocycles. The van der Waals surface area contributed by atoms with Crippen molar-refractivity contribution < 1.29 is 9.90 Å². The number of piperazine rings is 1. The van der Waals surface area contributed by atoms with Crippen LogP contribution in [-0.2, 0) is 4.79 Å². The normalized spacial score (nSPS) is 21.3. The van der Waals surface area contributed by atoms with Gasteiger partial charge < -0.3 is 10.4 Å². The fraction of sp³-hybridized carbons (Fsp3) is 0.632. The molecule has 0 bridgehead atoms. The molecule has 0 aliphatic carbocycles. The molecule has 6 nitrogen and oxygen atoms in total. The topological polar surface area (TPSA) is 59.1 Å². The summed E-state index contributed by atoms with van der Waals surface area (Å²) in [6, 6.07) is 10.3. The molecule has 2 aliphatic heterocycles. The number of amides is 1. The van der Waals surface area contributed by atoms with Crippen LogP contribution in [0, 0.1) is 0 Å². The zero-order valence-electron chi connectivity index (χ0n) is 14.9. The van der Waals surface area contributed by atoms with Gasteiger partial charge in [0.1, 0.15) is 0 Å². The predicted octanol–water partition coefficient (Wildman–Crippen LogP) is 0.699. The van der Waals surface area contributed by atoms with Crippen LogP contribution in [-0.4, -0.2) is 90.7 Å². The fourth-order valence-corrected chi connectivity index (χ4v) is 3.86. The van der Waals surface area contributed by atoms with Crippen molar-refractivity contribution in [2.75, 3.05) is 64.3 Å². The highest BCUT2D eigenvalue weighted by atomic mass is 16.3. The van der Waals surface area contributed by atoms with Crippen molar-refractivity contribution >= 4 is 11.6 Å². The molecular weight excluding hydrogens is 316 g/mol. The molecule has 1 aromatic carbocycles. The van der Waals surface area contributed by atoms with Crippen LogP contribution in [0.2, 0.25) is 0 Å². The van der Waals surface area contributed by atoms with E-state index in [0.29, 0.717) is 12.6 Å². The van der Waals surface area contributed by atoms with E-state index in [1.165, 1.54) is 0 Å². The van der Waals surface area contributed by atoms with E-state index in [2.05, 4.69) is 20.0 Å². The third-order valence-electron chi connectivity index (χ3n) is 5.32. The van der Waals surface area contributed by atoms with Gasteiger partial charge in [-0.05, 0) is 25.0 Å². The third-order valence-corrected chi connectivity index (χ3v) is 5.32. The van der Waals surface area contributed by atoms with Crippen LogP contribution in [0.25, 0.3) is 0 Å². The van der Waals surface area contributed by atoms with Gasteiger partial charge in [0.15, 0.2) is 0 Å². The quantitative estimate of drug-likeness (QED) is 0.794. The lowest BCUT2D eigenvalue weighted by molar-refractivity contribution is -0.117. The SMILES string of the molecule is O=C(CN1CCC(N2CCN(CCO)CC2)CC1)Nc1ccccc1. The Morgan fingerprint density at radius 3 is 2.32 bits per heavy atom. The number of nitrogens with one attached hydrogen (secondary N) is 1. The molecule has 2 N–H and O–H groups in total. The van der Waals surface area contributed by atoms with Crippen LogP contribution in [0.4, 0.5) is 5.69 Å². The summed E-state index contributed by atoms with van der Waals surface area (Å²) >= 11 is 0. The Balaban J connectivity index is 1.37. The van der Waals surface area contributed by atoms with Crippen molar-refractivity contribution in [3.63, 3.8) is 0 Å². The van der Waals surface area contributed by atoms with Crippen LogP contribution in [0.5, 0.6) is 0 Å². The Morgan fingerprint density at radius 2 is 1.68 bits per heavy atom. The molecule has 2 fully saturated rings. The number of anilines is 1. The summed E-state index contributed by atoms with van der Waals surface area (Å²) in [5.41, 5.74) is 0.864. The van der Waals surface area contributed by atoms with Crippen molar-refractivity contribution in [3.8, 4) is 0 Å². The second kappa shape index (κ2) is 9.29. The van der Waals surface area contributed by atoms with Gasteiger partial charge in [-0.1, -0.05) is 18.2 Å². The lowest BCUT2D eigenvalue weighted by Gasteiger charge is -2.42. The Labute approximate surface area is 150 Å². The molecule has 3 rings (SSSR count). The van der Waals surface area contributed by atoms with E-state index in [4.69, 9.17) is 5.11 Å². The minimum atomic E-state index is 0.0715. The standard InChI is InChI=1S/C19H30N4O2/c24-15-14-21-10-12-23(13-11-21)18-6-8-22(9-7-18)16-19(25)20-17-4-2-1-3-5-17/h1-5,18,24H,6-16H2,(H,20,25). The molecule has 2 aliphatic rings. The highest BCUT2D eigenvalue weighted by Gasteiger charge is 2.27. The molecule has 0 saturated carbocycles. The van der Waals surface area contributed by atoms with E-state index in [1.54, 1.807) is 0 Å². The van der Waals surface area contributed by atoms with Gasteiger partial charge in [0.25, 0.3) is 0 Å². The number of piperidine rings is 1. The van der Waals surface area contributed by atoms with E-state index in [9.17, 15) is 4.79 Å². The molecule has 1 aromatic rings. The van der Waals surface area contributed by atoms with E-state index >= 15 is 0 Å². The van der Waals surface area contributed by atoms with E-state index in [0.717, 1.165) is 64.3 Å². The molecule has 2 heterocycles. The van der Waals surface area contributed by atoms with E-state index < -0.39 is 0 Å². The average molecular weight is 346 g/mol. The monoisotopic (exact) mass is 346 g/mol. The zero-order chi connectivity index (χ0) is 17.5. The molecule has 25 heavy (non-hydrogen) atoms. The first-order chi connectivity index (χ1) is 12.2. The molecule has 1 amide bonds. The van der Waals surface area contributed by atoms with Gasteiger partial charge in [0.2, 0.25) is 5.91 Å². The number of rotatable bonds is 6. The molecule has 0 unspecified atom stereocenters. The molecule has 0 spiro atoms. The van der Waals surface area contributed by atoms with Gasteiger partial charge in [-0.25, -0.2) is 0 Å². The summed E-state index contributed by atoms with van der Waals surface area (Å²) in [6.45, 7) is 7.81. The minimum Gasteiger partial charge on any atom is -0.395 e. The molecule has 138 valence electrons. The first kappa shape index (κ1) is 18.3. The van der Waals surface area contributed by atoms with Gasteiger partial charge in [0, 0.05) is 57.5 Å². The lowest BCUT2D eigenvalue weighted by Crippen LogP contribution is -2.54. The number of benzene rings is 1. The number of carbonyl (C=O) groups excluding carboxylic acids is 1. The predicted molar refractivity (Wildman–Crippen MR) is 99.6 cm³/mol. The van der Waals surface area contributed by atoms with Crippen molar-refractivity contribution in [2.24, 2.45) is 0 Å². The summed E-state index contributed by atoms with van der Waals surface area (Å²) < 4.78 is 0. The highest BCUT2D eigenvalue weighted by molar-refractivity contribution is 5.92. The third kappa shape index (κ3) is 5.51. The van der Waals surface area contributed by atoms with Crippen molar-refractivity contribution in [3.05, 3.63) is 30.3 Å². The average Bonchev–Trinajstić information content (AvgIpc) is 2.64. The smallest absolute Gasteiger partial charge is 0.238 e. The summed E-state index contributed by atoms with van der Waals surface area (Å²) in [5, 5.41) is 12.0. The van der Waals surface area contributed by atoms with Crippen LogP contribution in [0.1, 0.15) is 12.8 Å². The molecule has 2 saturated heterocycles. The summed E-state index contributed by atoms with van der Waals surface area (Å²) in [6.07, 6.45) is 2.28. The Kier molecular flexibility index (Phi) is 6.81. The minimum absolute atomic E-state index is 0.0715. The number of hydrogen-bond acceptors (Lipinski definition) is 5. The van der Waals surface area contributed by atoms with E-state index in [1.807, 2.05) is 30.3 Å². The van der Waals surface area contributed by atoms with Gasteiger partial charge in [-0.3, -0.25) is 19.5 Å². The van der Waals surface area contributed by atoms with Crippen molar-refractivity contribution in [1.82, 2.24) is 14.7 Å². The van der Waals surface area contributed by atoms with Crippen LogP contribution in [0.15, 0.2) is 30.3 Å². The first-order valence-corrected chi connectivity index (χ1v) is 9.39. The summed E-state index contributed by atoms with van der Waals surface area (Å²) in [4.78, 5) is 19.4. The number of aliphatic hydroxyl groups excluding tert-OH is 1. The zero-order valence-corrected chi connectivity index (χ0v) is 14.9. The van der Waals surface area contributed by atoms with Crippen LogP contribution in [0.3, 0.4) is 0 Å². The van der Waals surface area contributed by atoms with Gasteiger partial charge in [-0.15, -0.1) is 0 Å². The first-order valence-electron chi connectivity index (χ1n) is 9.39. The largest absolute Gasteiger partial charge is 0.395 e. The molecular formula is C19H30N4O2. The molecule has 6 heteroatoms. The maximum atomic E-state index is 12.2. The Morgan fingerprint density at radius 1 is 1.00 bits per heavy atom. The van der Waals surface area contributed by atoms with Gasteiger partial charge in [-0.2, -0.15) is 0 Å². The maximum Gasteiger partial charge on any atom is 0.238 e. The van der Waals surface area contributed by atoms with Crippen LogP contribution < -0.4 is 5.32 Å². The number of β-amino-alcohol motifs (C(OH)–C–C–N with tert-alkyl or cyclic N) is 1. The number of likely N-dealkylation sites (tertiary alicyclic amines) is 1. The number of hydrogen-bond donors (Lipinski definition) is 2. The van der Waals surface area contributed by atoms with Gasteiger partial charge >= 0.3 is 0 Å². The summed E-state index contributed by atoms with van der Waals surface area (Å²) in [5.74, 6) is 0.0715. The molecule has 0 atom stereocenters. The number of carbonyl (C=O) groups is 1. The van der Waals surface area contributed by atoms with E-state index in [-0.39, 0.29) is 12.5 Å². The summed E-state index contributed by atoms with van der Waals surface area (Å²) in [7, 11) is 0. The Hall–Kier alpha value is -1.47. The van der Waals surface area contributed by atoms with Crippen molar-refractivity contribution in [2.45, 2.75) is 18.9 Å². The second-order valence-electron chi connectivity index (χ2n) is 7.02. The van der Waals surface area contributed by atoms with Crippen molar-refractivity contribution in [1.29, 1.82) is 0 Å². The van der Waals surface area contributed by atoms with Crippen LogP contribution >= 0.6 is 0 Å². The molecule has 0 radical (unpaired) electrons. The fourth-order valence-electron chi connectivity index (χ4n) is 3.86. The maximum absolute atomic E-state index is 12.2. The Bertz CT molecular complexity index is 523. The second-order valence-corrected chi connectivity index (χ2v) is 7.02. The highest BCUT2D eigenvalue weighted by Crippen LogP contribution is 2.18.